The van der Waals surface area contributed by atoms with Crippen LogP contribution >= 0.6 is 0 Å². The van der Waals surface area contributed by atoms with Crippen LogP contribution < -0.4 is 10.6 Å². The predicted octanol–water partition coefficient (Wildman–Crippen LogP) is 2.55. The Kier molecular flexibility index (Phi) is 7.86. The first-order valence-corrected chi connectivity index (χ1v) is 6.85. The molecule has 0 aliphatic carbocycles. The number of para-hydroxylation sites is 1. The standard InChI is InChI=1S/C15H24N2O2/c1-3-16-12-13-8-4-5-9-14(13)17-15(18)10-6-7-11-19-2/h4-5,8-9,16H,3,6-7,10-12H2,1-2H3,(H,17,18). The maximum Gasteiger partial charge on any atom is 0.224 e. The second kappa shape index (κ2) is 9.53. The number of unbranched alkanes of at least 4 members (excludes halogenated alkanes) is 1. The lowest BCUT2D eigenvalue weighted by Crippen LogP contribution is -2.16. The fourth-order valence-electron chi connectivity index (χ4n) is 1.80. The van der Waals surface area contributed by atoms with Crippen molar-refractivity contribution in [3.63, 3.8) is 0 Å². The van der Waals surface area contributed by atoms with Gasteiger partial charge in [0, 0.05) is 32.4 Å². The highest BCUT2D eigenvalue weighted by Gasteiger charge is 2.05. The van der Waals surface area contributed by atoms with E-state index in [-0.39, 0.29) is 5.91 Å². The summed E-state index contributed by atoms with van der Waals surface area (Å²) in [5.74, 6) is 0.0695. The number of nitrogens with one attached hydrogen (secondary N) is 2. The Bertz CT molecular complexity index is 380. The zero-order valence-corrected chi connectivity index (χ0v) is 11.9. The quantitative estimate of drug-likeness (QED) is 0.674. The third kappa shape index (κ3) is 6.36. The Hall–Kier alpha value is -1.39. The van der Waals surface area contributed by atoms with Gasteiger partial charge in [0.1, 0.15) is 0 Å². The van der Waals surface area contributed by atoms with Crippen molar-refractivity contribution in [1.29, 1.82) is 0 Å². The van der Waals surface area contributed by atoms with Gasteiger partial charge in [-0.3, -0.25) is 4.79 Å². The van der Waals surface area contributed by atoms with E-state index in [0.717, 1.165) is 37.2 Å². The number of carbonyl (C=O) groups is 1. The van der Waals surface area contributed by atoms with Crippen LogP contribution in [0.4, 0.5) is 5.69 Å². The Balaban J connectivity index is 2.44. The summed E-state index contributed by atoms with van der Waals surface area (Å²) in [7, 11) is 1.68. The molecule has 0 fully saturated rings. The lowest BCUT2D eigenvalue weighted by molar-refractivity contribution is -0.116. The van der Waals surface area contributed by atoms with Gasteiger partial charge in [-0.25, -0.2) is 0 Å². The Morgan fingerprint density at radius 2 is 2.05 bits per heavy atom. The van der Waals surface area contributed by atoms with Crippen molar-refractivity contribution in [3.05, 3.63) is 29.8 Å². The summed E-state index contributed by atoms with van der Waals surface area (Å²) in [5.41, 5.74) is 2.02. The third-order valence-electron chi connectivity index (χ3n) is 2.86. The summed E-state index contributed by atoms with van der Waals surface area (Å²) in [6, 6.07) is 7.90. The van der Waals surface area contributed by atoms with Gasteiger partial charge in [0.05, 0.1) is 0 Å². The first kappa shape index (κ1) is 15.7. The zero-order valence-electron chi connectivity index (χ0n) is 11.9. The molecule has 0 bridgehead atoms. The summed E-state index contributed by atoms with van der Waals surface area (Å²) in [4.78, 5) is 11.8. The van der Waals surface area contributed by atoms with Gasteiger partial charge in [-0.1, -0.05) is 25.1 Å². The molecule has 0 aliphatic heterocycles. The van der Waals surface area contributed by atoms with Gasteiger partial charge in [0.25, 0.3) is 0 Å². The lowest BCUT2D eigenvalue weighted by atomic mass is 10.1. The average Bonchev–Trinajstić information content (AvgIpc) is 2.43. The van der Waals surface area contributed by atoms with Crippen LogP contribution in [0.2, 0.25) is 0 Å². The fraction of sp³-hybridized carbons (Fsp3) is 0.533. The number of hydrogen-bond acceptors (Lipinski definition) is 3. The van der Waals surface area contributed by atoms with Crippen LogP contribution in [0.5, 0.6) is 0 Å². The molecule has 4 nitrogen and oxygen atoms in total. The van der Waals surface area contributed by atoms with Crippen LogP contribution in [0.1, 0.15) is 31.7 Å². The highest BCUT2D eigenvalue weighted by molar-refractivity contribution is 5.91. The van der Waals surface area contributed by atoms with E-state index in [1.54, 1.807) is 7.11 Å². The molecule has 1 rings (SSSR count). The average molecular weight is 264 g/mol. The normalized spacial score (nSPS) is 10.4. The molecule has 1 aromatic rings. The summed E-state index contributed by atoms with van der Waals surface area (Å²) in [6.45, 7) is 4.47. The maximum atomic E-state index is 11.8. The van der Waals surface area contributed by atoms with Crippen molar-refractivity contribution in [2.24, 2.45) is 0 Å². The minimum Gasteiger partial charge on any atom is -0.385 e. The molecule has 0 atom stereocenters. The topological polar surface area (TPSA) is 50.4 Å². The van der Waals surface area contributed by atoms with E-state index in [1.165, 1.54) is 0 Å². The van der Waals surface area contributed by atoms with Gasteiger partial charge in [-0.05, 0) is 31.0 Å². The van der Waals surface area contributed by atoms with E-state index < -0.39 is 0 Å². The van der Waals surface area contributed by atoms with Gasteiger partial charge in [-0.15, -0.1) is 0 Å². The smallest absolute Gasteiger partial charge is 0.224 e. The highest BCUT2D eigenvalue weighted by atomic mass is 16.5. The van der Waals surface area contributed by atoms with Crippen LogP contribution in [0.25, 0.3) is 0 Å². The van der Waals surface area contributed by atoms with E-state index in [4.69, 9.17) is 4.74 Å². The number of carbonyl (C=O) groups excluding carboxylic acids is 1. The van der Waals surface area contributed by atoms with Gasteiger partial charge >= 0.3 is 0 Å². The largest absolute Gasteiger partial charge is 0.385 e. The zero-order chi connectivity index (χ0) is 13.9. The molecule has 0 aliphatic rings. The van der Waals surface area contributed by atoms with Crippen LogP contribution in [0.15, 0.2) is 24.3 Å². The molecule has 4 heteroatoms. The molecule has 1 aromatic carbocycles. The fourth-order valence-corrected chi connectivity index (χ4v) is 1.80. The molecule has 2 N–H and O–H groups in total. The second-order valence-corrected chi connectivity index (χ2v) is 4.44. The van der Waals surface area contributed by atoms with Gasteiger partial charge in [0.15, 0.2) is 0 Å². The van der Waals surface area contributed by atoms with Crippen LogP contribution in [0.3, 0.4) is 0 Å². The van der Waals surface area contributed by atoms with Gasteiger partial charge in [-0.2, -0.15) is 0 Å². The van der Waals surface area contributed by atoms with Crippen LogP contribution in [0, 0.1) is 0 Å². The first-order valence-electron chi connectivity index (χ1n) is 6.85. The number of methoxy groups -OCH3 is 1. The molecular weight excluding hydrogens is 240 g/mol. The van der Waals surface area contributed by atoms with E-state index >= 15 is 0 Å². The van der Waals surface area contributed by atoms with Gasteiger partial charge < -0.3 is 15.4 Å². The van der Waals surface area contributed by atoms with Crippen molar-refractivity contribution in [1.82, 2.24) is 5.32 Å². The molecule has 0 aromatic heterocycles. The summed E-state index contributed by atoms with van der Waals surface area (Å²) < 4.78 is 4.97. The highest BCUT2D eigenvalue weighted by Crippen LogP contribution is 2.15. The third-order valence-corrected chi connectivity index (χ3v) is 2.86. The Labute approximate surface area is 115 Å². The Morgan fingerprint density at radius 3 is 2.79 bits per heavy atom. The maximum absolute atomic E-state index is 11.8. The lowest BCUT2D eigenvalue weighted by Gasteiger charge is -2.11. The molecular formula is C15H24N2O2. The first-order chi connectivity index (χ1) is 9.27. The number of anilines is 1. The number of hydrogen-bond donors (Lipinski definition) is 2. The molecule has 0 saturated carbocycles. The SMILES string of the molecule is CCNCc1ccccc1NC(=O)CCCCOC. The van der Waals surface area contributed by atoms with Crippen molar-refractivity contribution in [2.75, 3.05) is 25.6 Å². The number of benzene rings is 1. The monoisotopic (exact) mass is 264 g/mol. The summed E-state index contributed by atoms with van der Waals surface area (Å²) in [5, 5.41) is 6.25. The molecule has 106 valence electrons. The van der Waals surface area contributed by atoms with Crippen molar-refractivity contribution < 1.29 is 9.53 Å². The number of rotatable bonds is 9. The van der Waals surface area contributed by atoms with Gasteiger partial charge in [0.2, 0.25) is 5.91 Å². The summed E-state index contributed by atoms with van der Waals surface area (Å²) in [6.07, 6.45) is 2.32. The summed E-state index contributed by atoms with van der Waals surface area (Å²) >= 11 is 0. The minimum atomic E-state index is 0.0695. The van der Waals surface area contributed by atoms with Crippen molar-refractivity contribution in [2.45, 2.75) is 32.7 Å². The molecule has 0 unspecified atom stereocenters. The molecule has 1 amide bonds. The molecule has 0 saturated heterocycles. The molecule has 19 heavy (non-hydrogen) atoms. The number of ether oxygens (including phenoxy) is 1. The van der Waals surface area contributed by atoms with E-state index in [9.17, 15) is 4.79 Å². The predicted molar refractivity (Wildman–Crippen MR) is 78.2 cm³/mol. The Morgan fingerprint density at radius 1 is 1.26 bits per heavy atom. The molecule has 0 heterocycles. The molecule has 0 radical (unpaired) electrons. The van der Waals surface area contributed by atoms with E-state index in [1.807, 2.05) is 24.3 Å². The van der Waals surface area contributed by atoms with Crippen LogP contribution in [-0.2, 0) is 16.1 Å². The minimum absolute atomic E-state index is 0.0695. The van der Waals surface area contributed by atoms with Crippen molar-refractivity contribution >= 4 is 11.6 Å². The van der Waals surface area contributed by atoms with E-state index in [2.05, 4.69) is 17.6 Å². The second-order valence-electron chi connectivity index (χ2n) is 4.44. The number of amides is 1. The van der Waals surface area contributed by atoms with E-state index in [0.29, 0.717) is 13.0 Å². The molecule has 0 spiro atoms. The van der Waals surface area contributed by atoms with Crippen molar-refractivity contribution in [3.8, 4) is 0 Å². The van der Waals surface area contributed by atoms with Crippen LogP contribution in [-0.4, -0.2) is 26.2 Å².